The van der Waals surface area contributed by atoms with E-state index >= 15 is 0 Å². The molecule has 108 valence electrons. The Morgan fingerprint density at radius 2 is 2.20 bits per heavy atom. The molecule has 0 atom stereocenters. The summed E-state index contributed by atoms with van der Waals surface area (Å²) in [6, 6.07) is 5.94. The normalized spacial score (nSPS) is 10.4. The number of carbonyl (C=O) groups excluding carboxylic acids is 1. The highest BCUT2D eigenvalue weighted by molar-refractivity contribution is 7.89. The first-order valence-electron chi connectivity index (χ1n) is 5.57. The second kappa shape index (κ2) is 7.49. The van der Waals surface area contributed by atoms with Gasteiger partial charge < -0.3 is 15.6 Å². The zero-order valence-corrected chi connectivity index (χ0v) is 11.3. The molecule has 7 nitrogen and oxygen atoms in total. The average Bonchev–Trinajstić information content (AvgIpc) is 2.41. The number of nitrogens with one attached hydrogen (secondary N) is 1. The van der Waals surface area contributed by atoms with Gasteiger partial charge in [-0.1, -0.05) is 17.9 Å². The van der Waals surface area contributed by atoms with Crippen LogP contribution in [0.3, 0.4) is 0 Å². The molecule has 0 aliphatic rings. The number of ether oxygens (including phenoxy) is 1. The Hall–Kier alpha value is -2.08. The van der Waals surface area contributed by atoms with Crippen LogP contribution in [0.2, 0.25) is 0 Å². The van der Waals surface area contributed by atoms with Gasteiger partial charge in [-0.25, -0.2) is 17.9 Å². The summed E-state index contributed by atoms with van der Waals surface area (Å²) in [7, 11) is -3.72. The van der Waals surface area contributed by atoms with Crippen molar-refractivity contribution in [1.82, 2.24) is 4.72 Å². The SMILES string of the molecule is NC(=O)OCCNS(=O)(=O)c1cccc(C#CCO)c1. The Labute approximate surface area is 116 Å². The zero-order chi connectivity index (χ0) is 15.0. The number of sulfonamides is 1. The number of aliphatic hydroxyl groups is 1. The van der Waals surface area contributed by atoms with E-state index in [1.54, 1.807) is 6.07 Å². The van der Waals surface area contributed by atoms with Crippen molar-refractivity contribution in [2.45, 2.75) is 4.90 Å². The summed E-state index contributed by atoms with van der Waals surface area (Å²) in [5.41, 5.74) is 5.21. The third-order valence-electron chi connectivity index (χ3n) is 2.09. The molecule has 0 aliphatic heterocycles. The van der Waals surface area contributed by atoms with Gasteiger partial charge in [0.25, 0.3) is 0 Å². The van der Waals surface area contributed by atoms with Crippen molar-refractivity contribution in [3.63, 3.8) is 0 Å². The lowest BCUT2D eigenvalue weighted by atomic mass is 10.2. The first-order chi connectivity index (χ1) is 9.45. The minimum atomic E-state index is -3.72. The van der Waals surface area contributed by atoms with Crippen molar-refractivity contribution in [2.24, 2.45) is 5.73 Å². The minimum absolute atomic E-state index is 0.0290. The van der Waals surface area contributed by atoms with E-state index in [1.165, 1.54) is 18.2 Å². The molecule has 1 amide bonds. The Kier molecular flexibility index (Phi) is 5.99. The predicted octanol–water partition coefficient (Wildman–Crippen LogP) is -0.596. The monoisotopic (exact) mass is 298 g/mol. The van der Waals surface area contributed by atoms with Crippen LogP contribution in [0.1, 0.15) is 5.56 Å². The lowest BCUT2D eigenvalue weighted by molar-refractivity contribution is 0.159. The number of carbonyl (C=O) groups is 1. The van der Waals surface area contributed by atoms with Crippen molar-refractivity contribution in [3.05, 3.63) is 29.8 Å². The van der Waals surface area contributed by atoms with E-state index in [-0.39, 0.29) is 24.7 Å². The summed E-state index contributed by atoms with van der Waals surface area (Å²) in [4.78, 5) is 10.4. The van der Waals surface area contributed by atoms with Crippen LogP contribution in [0.5, 0.6) is 0 Å². The molecule has 1 aromatic carbocycles. The van der Waals surface area contributed by atoms with E-state index in [4.69, 9.17) is 10.8 Å². The molecule has 0 saturated heterocycles. The fraction of sp³-hybridized carbons (Fsp3) is 0.250. The molecule has 1 aromatic rings. The predicted molar refractivity (Wildman–Crippen MR) is 71.1 cm³/mol. The standard InChI is InChI=1S/C12H14N2O5S/c13-12(16)19-8-6-14-20(17,18)11-5-1-3-10(9-11)4-2-7-15/h1,3,5,9,14-15H,6-8H2,(H2,13,16). The van der Waals surface area contributed by atoms with Gasteiger partial charge in [0, 0.05) is 12.1 Å². The van der Waals surface area contributed by atoms with E-state index in [0.29, 0.717) is 5.56 Å². The number of nitrogens with two attached hydrogens (primary N) is 1. The first kappa shape index (κ1) is 16.0. The summed E-state index contributed by atoms with van der Waals surface area (Å²) >= 11 is 0. The lowest BCUT2D eigenvalue weighted by Crippen LogP contribution is -2.29. The minimum Gasteiger partial charge on any atom is -0.448 e. The van der Waals surface area contributed by atoms with Crippen molar-refractivity contribution >= 4 is 16.1 Å². The topological polar surface area (TPSA) is 119 Å². The van der Waals surface area contributed by atoms with Crippen LogP contribution in [0.25, 0.3) is 0 Å². The third-order valence-corrected chi connectivity index (χ3v) is 3.55. The smallest absolute Gasteiger partial charge is 0.404 e. The molecule has 0 saturated carbocycles. The summed E-state index contributed by atoms with van der Waals surface area (Å²) in [5.74, 6) is 5.04. The Balaban J connectivity index is 2.74. The van der Waals surface area contributed by atoms with Gasteiger partial charge in [-0.15, -0.1) is 0 Å². The summed E-state index contributed by atoms with van der Waals surface area (Å²) < 4.78 is 30.5. The quantitative estimate of drug-likeness (QED) is 0.495. The van der Waals surface area contributed by atoms with Crippen molar-refractivity contribution in [2.75, 3.05) is 19.8 Å². The van der Waals surface area contributed by atoms with E-state index in [9.17, 15) is 13.2 Å². The second-order valence-electron chi connectivity index (χ2n) is 3.55. The number of amides is 1. The molecule has 1 rings (SSSR count). The van der Waals surface area contributed by atoms with Gasteiger partial charge in [-0.05, 0) is 18.2 Å². The number of aliphatic hydroxyl groups excluding tert-OH is 1. The highest BCUT2D eigenvalue weighted by Crippen LogP contribution is 2.10. The van der Waals surface area contributed by atoms with E-state index in [1.807, 2.05) is 0 Å². The first-order valence-corrected chi connectivity index (χ1v) is 7.06. The number of hydrogen-bond acceptors (Lipinski definition) is 5. The van der Waals surface area contributed by atoms with Gasteiger partial charge in [-0.2, -0.15) is 0 Å². The van der Waals surface area contributed by atoms with Crippen molar-refractivity contribution < 1.29 is 23.1 Å². The van der Waals surface area contributed by atoms with Gasteiger partial charge in [0.05, 0.1) is 4.90 Å². The van der Waals surface area contributed by atoms with Crippen LogP contribution in [0, 0.1) is 11.8 Å². The average molecular weight is 298 g/mol. The molecule has 0 unspecified atom stereocenters. The Bertz CT molecular complexity index is 631. The zero-order valence-electron chi connectivity index (χ0n) is 10.5. The number of primary amides is 1. The van der Waals surface area contributed by atoms with Crippen LogP contribution < -0.4 is 10.5 Å². The van der Waals surface area contributed by atoms with E-state index in [2.05, 4.69) is 21.3 Å². The molecule has 0 bridgehead atoms. The lowest BCUT2D eigenvalue weighted by Gasteiger charge is -2.07. The largest absolute Gasteiger partial charge is 0.448 e. The maximum atomic E-state index is 11.9. The summed E-state index contributed by atoms with van der Waals surface area (Å²) in [5, 5.41) is 8.59. The molecule has 20 heavy (non-hydrogen) atoms. The van der Waals surface area contributed by atoms with Gasteiger partial charge >= 0.3 is 6.09 Å². The number of rotatable bonds is 5. The van der Waals surface area contributed by atoms with Gasteiger partial charge in [0.2, 0.25) is 10.0 Å². The molecule has 0 heterocycles. The van der Waals surface area contributed by atoms with Crippen molar-refractivity contribution in [1.29, 1.82) is 0 Å². The molecule has 4 N–H and O–H groups in total. The van der Waals surface area contributed by atoms with Crippen LogP contribution in [0.15, 0.2) is 29.2 Å². The Morgan fingerprint density at radius 1 is 1.45 bits per heavy atom. The second-order valence-corrected chi connectivity index (χ2v) is 5.32. The highest BCUT2D eigenvalue weighted by atomic mass is 32.2. The van der Waals surface area contributed by atoms with Crippen LogP contribution >= 0.6 is 0 Å². The van der Waals surface area contributed by atoms with Gasteiger partial charge in [-0.3, -0.25) is 0 Å². The fourth-order valence-electron chi connectivity index (χ4n) is 1.29. The Morgan fingerprint density at radius 3 is 2.85 bits per heavy atom. The molecule has 0 aliphatic carbocycles. The van der Waals surface area contributed by atoms with Crippen LogP contribution in [-0.2, 0) is 14.8 Å². The number of hydrogen-bond donors (Lipinski definition) is 3. The van der Waals surface area contributed by atoms with Gasteiger partial charge in [0.15, 0.2) is 0 Å². The molecule has 0 spiro atoms. The molecular formula is C12H14N2O5S. The molecule has 8 heteroatoms. The molecule has 0 aromatic heterocycles. The third kappa shape index (κ3) is 5.27. The molecule has 0 radical (unpaired) electrons. The maximum absolute atomic E-state index is 11.9. The summed E-state index contributed by atoms with van der Waals surface area (Å²) in [6.45, 7) is -0.546. The molecule has 0 fully saturated rings. The van der Waals surface area contributed by atoms with E-state index in [0.717, 1.165) is 0 Å². The maximum Gasteiger partial charge on any atom is 0.404 e. The number of benzene rings is 1. The van der Waals surface area contributed by atoms with Crippen molar-refractivity contribution in [3.8, 4) is 11.8 Å². The highest BCUT2D eigenvalue weighted by Gasteiger charge is 2.13. The van der Waals surface area contributed by atoms with Crippen LogP contribution in [0.4, 0.5) is 4.79 Å². The molecular weight excluding hydrogens is 284 g/mol. The summed E-state index contributed by atoms with van der Waals surface area (Å²) in [6.07, 6.45) is -0.967. The fourth-order valence-corrected chi connectivity index (χ4v) is 2.35. The van der Waals surface area contributed by atoms with Gasteiger partial charge in [0.1, 0.15) is 13.2 Å². The van der Waals surface area contributed by atoms with Crippen LogP contribution in [-0.4, -0.2) is 39.4 Å². The van der Waals surface area contributed by atoms with E-state index < -0.39 is 16.1 Å².